The molecule has 0 N–H and O–H groups in total. The third-order valence-electron chi connectivity index (χ3n) is 2.92. The first-order valence-corrected chi connectivity index (χ1v) is 5.39. The van der Waals surface area contributed by atoms with Crippen LogP contribution < -0.4 is 0 Å². The zero-order valence-corrected chi connectivity index (χ0v) is 9.12. The summed E-state index contributed by atoms with van der Waals surface area (Å²) in [4.78, 5) is 4.74. The number of piperazine rings is 1. The summed E-state index contributed by atoms with van der Waals surface area (Å²) < 4.78 is 12.7. The van der Waals surface area contributed by atoms with E-state index in [9.17, 15) is 4.39 Å². The fraction of sp³-hybridized carbons (Fsp3) is 0.500. The molecule has 1 saturated heterocycles. The molecule has 0 bridgehead atoms. The van der Waals surface area contributed by atoms with E-state index in [1.165, 1.54) is 17.7 Å². The number of rotatable bonds is 2. The zero-order chi connectivity index (χ0) is 10.7. The van der Waals surface area contributed by atoms with Crippen LogP contribution in [0, 0.1) is 5.82 Å². The Bertz CT molecular complexity index is 302. The van der Waals surface area contributed by atoms with Gasteiger partial charge in [-0.15, -0.1) is 0 Å². The lowest BCUT2D eigenvalue weighted by molar-refractivity contribution is 0.148. The van der Waals surface area contributed by atoms with Crippen LogP contribution in [0.4, 0.5) is 4.39 Å². The number of halogens is 1. The largest absolute Gasteiger partial charge is 0.304 e. The second-order valence-electron chi connectivity index (χ2n) is 4.21. The van der Waals surface area contributed by atoms with E-state index in [1.54, 1.807) is 0 Å². The van der Waals surface area contributed by atoms with Gasteiger partial charge in [0.25, 0.3) is 0 Å². The van der Waals surface area contributed by atoms with Gasteiger partial charge in [0.1, 0.15) is 5.82 Å². The standard InChI is InChI=1S/C12H17FN2/c1-14-6-8-15(9-7-14)10-11-2-4-12(13)5-3-11/h2-5H,6-10H2,1H3. The Morgan fingerprint density at radius 1 is 1.07 bits per heavy atom. The fourth-order valence-corrected chi connectivity index (χ4v) is 1.85. The van der Waals surface area contributed by atoms with Gasteiger partial charge in [0.05, 0.1) is 0 Å². The lowest BCUT2D eigenvalue weighted by Gasteiger charge is -2.32. The van der Waals surface area contributed by atoms with Crippen molar-refractivity contribution in [2.75, 3.05) is 33.2 Å². The minimum Gasteiger partial charge on any atom is -0.304 e. The van der Waals surface area contributed by atoms with Crippen molar-refractivity contribution < 1.29 is 4.39 Å². The Balaban J connectivity index is 1.89. The number of hydrogen-bond donors (Lipinski definition) is 0. The van der Waals surface area contributed by atoms with Crippen molar-refractivity contribution in [3.05, 3.63) is 35.6 Å². The summed E-state index contributed by atoms with van der Waals surface area (Å²) in [6, 6.07) is 6.80. The van der Waals surface area contributed by atoms with E-state index in [2.05, 4.69) is 16.8 Å². The number of hydrogen-bond acceptors (Lipinski definition) is 2. The van der Waals surface area contributed by atoms with Crippen LogP contribution in [0.25, 0.3) is 0 Å². The Morgan fingerprint density at radius 3 is 2.27 bits per heavy atom. The average Bonchev–Trinajstić information content (AvgIpc) is 2.25. The van der Waals surface area contributed by atoms with E-state index >= 15 is 0 Å². The minimum atomic E-state index is -0.155. The molecule has 1 aliphatic rings. The third kappa shape index (κ3) is 3.01. The number of likely N-dealkylation sites (N-methyl/N-ethyl adjacent to an activating group) is 1. The van der Waals surface area contributed by atoms with Crippen molar-refractivity contribution in [2.45, 2.75) is 6.54 Å². The maximum absolute atomic E-state index is 12.7. The molecule has 1 aliphatic heterocycles. The SMILES string of the molecule is CN1CCN(Cc2ccc(F)cc2)CC1. The molecule has 1 heterocycles. The van der Waals surface area contributed by atoms with E-state index in [1.807, 2.05) is 12.1 Å². The summed E-state index contributed by atoms with van der Waals surface area (Å²) in [6.45, 7) is 5.40. The molecule has 2 rings (SSSR count). The summed E-state index contributed by atoms with van der Waals surface area (Å²) in [5, 5.41) is 0. The zero-order valence-electron chi connectivity index (χ0n) is 9.12. The molecular weight excluding hydrogens is 191 g/mol. The van der Waals surface area contributed by atoms with Gasteiger partial charge < -0.3 is 4.90 Å². The van der Waals surface area contributed by atoms with Crippen LogP contribution in [0.3, 0.4) is 0 Å². The van der Waals surface area contributed by atoms with Crippen molar-refractivity contribution in [2.24, 2.45) is 0 Å². The summed E-state index contributed by atoms with van der Waals surface area (Å²) in [7, 11) is 2.15. The number of benzene rings is 1. The maximum Gasteiger partial charge on any atom is 0.123 e. The van der Waals surface area contributed by atoms with Crippen LogP contribution in [0.2, 0.25) is 0 Å². The molecule has 0 unspecified atom stereocenters. The Labute approximate surface area is 90.3 Å². The first-order chi connectivity index (χ1) is 7.24. The first-order valence-electron chi connectivity index (χ1n) is 5.39. The second-order valence-corrected chi connectivity index (χ2v) is 4.21. The van der Waals surface area contributed by atoms with E-state index in [0.29, 0.717) is 0 Å². The van der Waals surface area contributed by atoms with E-state index in [4.69, 9.17) is 0 Å². The molecular formula is C12H17FN2. The molecule has 3 heteroatoms. The molecule has 0 aliphatic carbocycles. The van der Waals surface area contributed by atoms with Crippen molar-refractivity contribution in [3.63, 3.8) is 0 Å². The molecule has 1 aromatic rings. The van der Waals surface area contributed by atoms with Crippen molar-refractivity contribution >= 4 is 0 Å². The van der Waals surface area contributed by atoms with Gasteiger partial charge in [0.15, 0.2) is 0 Å². The summed E-state index contributed by atoms with van der Waals surface area (Å²) >= 11 is 0. The van der Waals surface area contributed by atoms with E-state index in [0.717, 1.165) is 32.7 Å². The quantitative estimate of drug-likeness (QED) is 0.728. The summed E-state index contributed by atoms with van der Waals surface area (Å²) in [6.07, 6.45) is 0. The molecule has 0 amide bonds. The van der Waals surface area contributed by atoms with Crippen LogP contribution in [0.5, 0.6) is 0 Å². The van der Waals surface area contributed by atoms with Gasteiger partial charge in [0.2, 0.25) is 0 Å². The molecule has 82 valence electrons. The van der Waals surface area contributed by atoms with Gasteiger partial charge in [-0.25, -0.2) is 4.39 Å². The van der Waals surface area contributed by atoms with Gasteiger partial charge in [0, 0.05) is 32.7 Å². The predicted molar refractivity (Wildman–Crippen MR) is 59.2 cm³/mol. The van der Waals surface area contributed by atoms with E-state index in [-0.39, 0.29) is 5.82 Å². The molecule has 0 atom stereocenters. The van der Waals surface area contributed by atoms with E-state index < -0.39 is 0 Å². The highest BCUT2D eigenvalue weighted by Gasteiger charge is 2.13. The van der Waals surface area contributed by atoms with Gasteiger partial charge in [-0.3, -0.25) is 4.90 Å². The van der Waals surface area contributed by atoms with Crippen LogP contribution in [-0.2, 0) is 6.54 Å². The fourth-order valence-electron chi connectivity index (χ4n) is 1.85. The highest BCUT2D eigenvalue weighted by molar-refractivity contribution is 5.15. The normalized spacial score (nSPS) is 19.3. The van der Waals surface area contributed by atoms with Crippen LogP contribution in [0.1, 0.15) is 5.56 Å². The lowest BCUT2D eigenvalue weighted by atomic mass is 10.2. The Hall–Kier alpha value is -0.930. The predicted octanol–water partition coefficient (Wildman–Crippen LogP) is 1.57. The van der Waals surface area contributed by atoms with Gasteiger partial charge in [-0.2, -0.15) is 0 Å². The minimum absolute atomic E-state index is 0.155. The molecule has 15 heavy (non-hydrogen) atoms. The van der Waals surface area contributed by atoms with Crippen molar-refractivity contribution in [3.8, 4) is 0 Å². The molecule has 0 spiro atoms. The highest BCUT2D eigenvalue weighted by Crippen LogP contribution is 2.08. The van der Waals surface area contributed by atoms with Crippen LogP contribution >= 0.6 is 0 Å². The molecule has 0 radical (unpaired) electrons. The summed E-state index contributed by atoms with van der Waals surface area (Å²) in [5.41, 5.74) is 1.20. The highest BCUT2D eigenvalue weighted by atomic mass is 19.1. The van der Waals surface area contributed by atoms with Gasteiger partial charge in [-0.05, 0) is 24.7 Å². The van der Waals surface area contributed by atoms with Gasteiger partial charge >= 0.3 is 0 Å². The van der Waals surface area contributed by atoms with Gasteiger partial charge in [-0.1, -0.05) is 12.1 Å². The average molecular weight is 208 g/mol. The molecule has 1 fully saturated rings. The molecule has 0 aromatic heterocycles. The maximum atomic E-state index is 12.7. The first kappa shape index (κ1) is 10.6. The molecule has 2 nitrogen and oxygen atoms in total. The Kier molecular flexibility index (Phi) is 3.34. The van der Waals surface area contributed by atoms with Crippen LogP contribution in [-0.4, -0.2) is 43.0 Å². The third-order valence-corrected chi connectivity index (χ3v) is 2.92. The van der Waals surface area contributed by atoms with Crippen molar-refractivity contribution in [1.29, 1.82) is 0 Å². The topological polar surface area (TPSA) is 6.48 Å². The molecule has 1 aromatic carbocycles. The monoisotopic (exact) mass is 208 g/mol. The van der Waals surface area contributed by atoms with Crippen LogP contribution in [0.15, 0.2) is 24.3 Å². The Morgan fingerprint density at radius 2 is 1.67 bits per heavy atom. The second kappa shape index (κ2) is 4.73. The number of nitrogens with zero attached hydrogens (tertiary/aromatic N) is 2. The smallest absolute Gasteiger partial charge is 0.123 e. The lowest BCUT2D eigenvalue weighted by Crippen LogP contribution is -2.43. The van der Waals surface area contributed by atoms with Crippen molar-refractivity contribution in [1.82, 2.24) is 9.80 Å². The summed E-state index contributed by atoms with van der Waals surface area (Å²) in [5.74, 6) is -0.155. The molecule has 0 saturated carbocycles.